The van der Waals surface area contributed by atoms with Gasteiger partial charge in [0.05, 0.1) is 11.8 Å². The third kappa shape index (κ3) is 3.48. The number of amides is 2. The lowest BCUT2D eigenvalue weighted by Crippen LogP contribution is -2.44. The fourth-order valence-corrected chi connectivity index (χ4v) is 7.95. The SMILES string of the molecule is CCCN1C(=O)C2CC=C3[C@@H](CC[C@]4(C)[C@@H]([C@H](C)CCCC(C)C)CC[C@@H]34)C2C1=O. The molecule has 0 aromatic heterocycles. The third-order valence-corrected chi connectivity index (χ3v) is 9.42. The Balaban J connectivity index is 1.50. The number of likely N-dealkylation sites (tertiary alicyclic amines) is 1. The monoisotopic (exact) mass is 413 g/mol. The van der Waals surface area contributed by atoms with Crippen LogP contribution in [0.15, 0.2) is 11.6 Å². The Morgan fingerprint density at radius 1 is 1.07 bits per heavy atom. The van der Waals surface area contributed by atoms with Gasteiger partial charge in [0.25, 0.3) is 0 Å². The predicted octanol–water partition coefficient (Wildman–Crippen LogP) is 6.23. The second kappa shape index (κ2) is 8.43. The first kappa shape index (κ1) is 22.1. The first-order valence-electron chi connectivity index (χ1n) is 12.8. The maximum absolute atomic E-state index is 13.2. The molecule has 7 atom stereocenters. The Hall–Kier alpha value is -1.12. The number of hydrogen-bond acceptors (Lipinski definition) is 2. The second-order valence-corrected chi connectivity index (χ2v) is 11.6. The number of fused-ring (bicyclic) bond motifs is 5. The lowest BCUT2D eigenvalue weighted by molar-refractivity contribution is -0.140. The highest BCUT2D eigenvalue weighted by Gasteiger charge is 2.59. The molecule has 1 heterocycles. The van der Waals surface area contributed by atoms with Gasteiger partial charge in [-0.15, -0.1) is 0 Å². The molecule has 0 N–H and O–H groups in total. The summed E-state index contributed by atoms with van der Waals surface area (Å²) in [6, 6.07) is 0. The molecular formula is C27H43NO2. The van der Waals surface area contributed by atoms with E-state index in [0.717, 1.165) is 37.0 Å². The van der Waals surface area contributed by atoms with E-state index in [2.05, 4.69) is 40.7 Å². The lowest BCUT2D eigenvalue weighted by atomic mass is 9.54. The van der Waals surface area contributed by atoms with Crippen LogP contribution in [0.25, 0.3) is 0 Å². The van der Waals surface area contributed by atoms with E-state index >= 15 is 0 Å². The number of imide groups is 1. The molecule has 2 unspecified atom stereocenters. The van der Waals surface area contributed by atoms with E-state index in [9.17, 15) is 9.59 Å². The summed E-state index contributed by atoms with van der Waals surface area (Å²) in [5.74, 6) is 3.49. The summed E-state index contributed by atoms with van der Waals surface area (Å²) in [5, 5.41) is 0. The Bertz CT molecular complexity index is 710. The third-order valence-electron chi connectivity index (χ3n) is 9.42. The van der Waals surface area contributed by atoms with Crippen molar-refractivity contribution in [2.75, 3.05) is 6.54 Å². The maximum Gasteiger partial charge on any atom is 0.233 e. The van der Waals surface area contributed by atoms with Gasteiger partial charge >= 0.3 is 0 Å². The number of nitrogens with zero attached hydrogens (tertiary/aromatic N) is 1. The zero-order chi connectivity index (χ0) is 21.6. The summed E-state index contributed by atoms with van der Waals surface area (Å²) in [7, 11) is 0. The van der Waals surface area contributed by atoms with Crippen LogP contribution in [-0.4, -0.2) is 23.3 Å². The minimum absolute atomic E-state index is 0.0592. The molecule has 4 aliphatic rings. The molecule has 2 saturated carbocycles. The number of carbonyl (C=O) groups is 2. The highest BCUT2D eigenvalue weighted by atomic mass is 16.2. The van der Waals surface area contributed by atoms with Crippen LogP contribution >= 0.6 is 0 Å². The molecular weight excluding hydrogens is 370 g/mol. The van der Waals surface area contributed by atoms with E-state index in [-0.39, 0.29) is 23.7 Å². The van der Waals surface area contributed by atoms with Gasteiger partial charge in [0.15, 0.2) is 0 Å². The fourth-order valence-electron chi connectivity index (χ4n) is 7.95. The Labute approximate surface area is 184 Å². The largest absolute Gasteiger partial charge is 0.282 e. The van der Waals surface area contributed by atoms with E-state index in [1.54, 1.807) is 10.5 Å². The Morgan fingerprint density at radius 2 is 1.83 bits per heavy atom. The standard InChI is InChI=1S/C27H43NO2/c1-6-16-28-25(29)21-11-10-19-20(24(21)26(28)30)14-15-27(5)22(12-13-23(19)27)18(4)9-7-8-17(2)3/h10,17-18,20-24H,6-9,11-16H2,1-5H3/t18-,20-,21?,22-,23+,24?,27-/m1/s1. The van der Waals surface area contributed by atoms with Gasteiger partial charge in [-0.3, -0.25) is 14.5 Å². The smallest absolute Gasteiger partial charge is 0.233 e. The van der Waals surface area contributed by atoms with Crippen molar-refractivity contribution in [2.24, 2.45) is 46.8 Å². The molecule has 0 bridgehead atoms. The topological polar surface area (TPSA) is 37.4 Å². The van der Waals surface area contributed by atoms with Crippen molar-refractivity contribution in [2.45, 2.75) is 92.4 Å². The van der Waals surface area contributed by atoms with Crippen LogP contribution in [0.1, 0.15) is 92.4 Å². The Morgan fingerprint density at radius 3 is 2.53 bits per heavy atom. The van der Waals surface area contributed by atoms with Crippen LogP contribution in [0, 0.1) is 46.8 Å². The summed E-state index contributed by atoms with van der Waals surface area (Å²) >= 11 is 0. The summed E-state index contributed by atoms with van der Waals surface area (Å²) in [4.78, 5) is 27.7. The molecule has 1 saturated heterocycles. The first-order valence-corrected chi connectivity index (χ1v) is 12.8. The molecule has 3 aliphatic carbocycles. The molecule has 168 valence electrons. The van der Waals surface area contributed by atoms with Crippen LogP contribution < -0.4 is 0 Å². The van der Waals surface area contributed by atoms with Crippen molar-refractivity contribution in [3.63, 3.8) is 0 Å². The maximum atomic E-state index is 13.2. The summed E-state index contributed by atoms with van der Waals surface area (Å²) in [5.41, 5.74) is 1.96. The van der Waals surface area contributed by atoms with Crippen LogP contribution in [0.2, 0.25) is 0 Å². The fraction of sp³-hybridized carbons (Fsp3) is 0.852. The normalized spacial score (nSPS) is 39.1. The van der Waals surface area contributed by atoms with Gasteiger partial charge in [-0.05, 0) is 73.5 Å². The summed E-state index contributed by atoms with van der Waals surface area (Å²) < 4.78 is 0. The molecule has 3 heteroatoms. The minimum Gasteiger partial charge on any atom is -0.282 e. The summed E-state index contributed by atoms with van der Waals surface area (Å²) in [6.07, 6.45) is 13.1. The quantitative estimate of drug-likeness (QED) is 0.366. The number of rotatable bonds is 7. The zero-order valence-corrected chi connectivity index (χ0v) is 20.0. The van der Waals surface area contributed by atoms with Crippen molar-refractivity contribution < 1.29 is 9.59 Å². The number of hydrogen-bond donors (Lipinski definition) is 0. The Kier molecular flexibility index (Phi) is 6.21. The van der Waals surface area contributed by atoms with Crippen molar-refractivity contribution >= 4 is 11.8 Å². The van der Waals surface area contributed by atoms with E-state index < -0.39 is 0 Å². The molecule has 30 heavy (non-hydrogen) atoms. The molecule has 3 fully saturated rings. The molecule has 4 rings (SSSR count). The lowest BCUT2D eigenvalue weighted by Gasteiger charge is -2.49. The van der Waals surface area contributed by atoms with Crippen LogP contribution in [0.4, 0.5) is 0 Å². The number of carbonyl (C=O) groups excluding carboxylic acids is 2. The van der Waals surface area contributed by atoms with Crippen LogP contribution in [0.3, 0.4) is 0 Å². The first-order chi connectivity index (χ1) is 14.3. The molecule has 1 aliphatic heterocycles. The van der Waals surface area contributed by atoms with Crippen molar-refractivity contribution in [1.29, 1.82) is 0 Å². The van der Waals surface area contributed by atoms with Gasteiger partial charge < -0.3 is 0 Å². The van der Waals surface area contributed by atoms with E-state index in [4.69, 9.17) is 0 Å². The molecule has 3 nitrogen and oxygen atoms in total. The minimum atomic E-state index is -0.0747. The highest BCUT2D eigenvalue weighted by Crippen LogP contribution is 2.64. The van der Waals surface area contributed by atoms with Gasteiger partial charge in [0.2, 0.25) is 11.8 Å². The van der Waals surface area contributed by atoms with Crippen molar-refractivity contribution in [3.05, 3.63) is 11.6 Å². The molecule has 0 spiro atoms. The van der Waals surface area contributed by atoms with Gasteiger partial charge in [0, 0.05) is 6.54 Å². The van der Waals surface area contributed by atoms with Crippen LogP contribution in [0.5, 0.6) is 0 Å². The molecule has 0 aromatic rings. The number of allylic oxidation sites excluding steroid dienone is 2. The van der Waals surface area contributed by atoms with Crippen LogP contribution in [-0.2, 0) is 9.59 Å². The van der Waals surface area contributed by atoms with Crippen molar-refractivity contribution in [1.82, 2.24) is 4.90 Å². The van der Waals surface area contributed by atoms with E-state index in [0.29, 0.717) is 23.8 Å². The van der Waals surface area contributed by atoms with Gasteiger partial charge in [-0.25, -0.2) is 0 Å². The molecule has 2 amide bonds. The zero-order valence-electron chi connectivity index (χ0n) is 20.0. The average Bonchev–Trinajstić information content (AvgIpc) is 3.18. The van der Waals surface area contributed by atoms with Gasteiger partial charge in [-0.2, -0.15) is 0 Å². The predicted molar refractivity (Wildman–Crippen MR) is 122 cm³/mol. The van der Waals surface area contributed by atoms with E-state index in [1.165, 1.54) is 38.5 Å². The van der Waals surface area contributed by atoms with Gasteiger partial charge in [-0.1, -0.05) is 65.5 Å². The highest BCUT2D eigenvalue weighted by molar-refractivity contribution is 6.05. The van der Waals surface area contributed by atoms with Crippen molar-refractivity contribution in [3.8, 4) is 0 Å². The molecule has 0 radical (unpaired) electrons. The second-order valence-electron chi connectivity index (χ2n) is 11.6. The molecule has 0 aromatic carbocycles. The van der Waals surface area contributed by atoms with E-state index in [1.807, 2.05) is 0 Å². The summed E-state index contributed by atoms with van der Waals surface area (Å²) in [6.45, 7) is 12.4. The van der Waals surface area contributed by atoms with Gasteiger partial charge in [0.1, 0.15) is 0 Å². The average molecular weight is 414 g/mol.